The number of ketones is 1. The molecule has 0 aliphatic heterocycles. The van der Waals surface area contributed by atoms with E-state index in [0.29, 0.717) is 11.5 Å². The number of hydrogen-bond acceptors (Lipinski definition) is 5. The van der Waals surface area contributed by atoms with E-state index in [-0.39, 0.29) is 66.5 Å². The first-order valence-corrected chi connectivity index (χ1v) is 46.2. The van der Waals surface area contributed by atoms with Crippen molar-refractivity contribution >= 4 is 5.78 Å². The van der Waals surface area contributed by atoms with Gasteiger partial charge < -0.3 is 14.6 Å². The van der Waals surface area contributed by atoms with Crippen LogP contribution in [0.15, 0.2) is 303 Å². The van der Waals surface area contributed by atoms with E-state index in [2.05, 4.69) is 377 Å². The van der Waals surface area contributed by atoms with Crippen molar-refractivity contribution in [2.24, 2.45) is 0 Å². The number of hydrogen-bond donors (Lipinski definition) is 1. The number of halogens is 3. The predicted molar refractivity (Wildman–Crippen MR) is 562 cm³/mol. The summed E-state index contributed by atoms with van der Waals surface area (Å²) in [6.45, 7) is 73.3. The Hall–Kier alpha value is -11.3. The van der Waals surface area contributed by atoms with E-state index in [1.54, 1.807) is 20.1 Å². The summed E-state index contributed by atoms with van der Waals surface area (Å²) in [4.78, 5) is 11.1. The fourth-order valence-electron chi connectivity index (χ4n) is 12.6. The van der Waals surface area contributed by atoms with Crippen LogP contribution in [0.5, 0.6) is 17.2 Å². The number of aryl methyl sites for hydroxylation is 1. The molecular weight excluding hydrogens is 1620 g/mol. The van der Waals surface area contributed by atoms with Gasteiger partial charge >= 0.3 is 6.18 Å². The molecule has 1 N–H and O–H groups in total. The third-order valence-electron chi connectivity index (χ3n) is 21.7. The number of carbonyl (C=O) groups excluding carboxylic acids is 1. The summed E-state index contributed by atoms with van der Waals surface area (Å²) in [5.74, 6) is 6.10. The van der Waals surface area contributed by atoms with E-state index < -0.39 is 11.7 Å². The standard InChI is InChI=1S/C16H18O.C16H18.C13H20.C12H16O.C12H14.C11H13F3.C11H13N.2C11H16O.C11H16/c1-16(2,3)13-8-7-11-15(12-13)17-14-9-5-4-6-10-14;1-16(2,3)15-11-9-14(10-12-15)13-7-5-4-6-8-13;1-10(2)11-7-6-8-12(9-11)13(3,4)5;1-9(13)10-6-5-7-11(8-10)12(2,3)4;1-5-10-7-6-8-11(9-10)12(2,3)4;1-10(2,3)8-5-4-6-9(7-8)11(12,13)14;1-11(2,3)10-6-4-5-9(7-10)8-12;1-11(2,3)9-6-5-7-10(8-9)12-4;1-11(2,3)10-6-4-5-9(7-10)8-12;1-9-6-5-7-10(8-9)11(2,3)4/h4-12H,1-3H3;4-12H,1-3H3;6-10H,1-5H3;5-8H,1-4H3;1,6-9H,2-4H3;4-7H,1-3H3;4-7H,1-3H3;5-8H,1-4H3;4-7,12H,8H2,1-3H3;5-8H,1-4H3. The highest BCUT2D eigenvalue weighted by Crippen LogP contribution is 2.36. The highest BCUT2D eigenvalue weighted by molar-refractivity contribution is 5.94. The van der Waals surface area contributed by atoms with Gasteiger partial charge in [0.15, 0.2) is 5.78 Å². The number of ether oxygens (including phenoxy) is 2. The molecule has 0 saturated carbocycles. The molecule has 0 saturated heterocycles. The van der Waals surface area contributed by atoms with E-state index in [0.717, 1.165) is 45.6 Å². The van der Waals surface area contributed by atoms with E-state index in [4.69, 9.17) is 26.3 Å². The smallest absolute Gasteiger partial charge is 0.416 e. The fraction of sp³-hybridized carbons (Fsp3) is 0.387. The minimum atomic E-state index is -4.25. The van der Waals surface area contributed by atoms with E-state index in [1.165, 1.54) is 84.5 Å². The zero-order valence-electron chi connectivity index (χ0n) is 87.0. The molecule has 0 amide bonds. The molecule has 5 nitrogen and oxygen atoms in total. The number of aliphatic hydroxyl groups is 1. The Morgan fingerprint density at radius 3 is 1.05 bits per heavy atom. The molecule has 0 fully saturated rings. The second-order valence-corrected chi connectivity index (χ2v) is 44.3. The van der Waals surface area contributed by atoms with Crippen molar-refractivity contribution in [2.45, 2.75) is 308 Å². The van der Waals surface area contributed by atoms with Crippen molar-refractivity contribution in [3.63, 3.8) is 0 Å². The SMILES string of the molecule is C#Cc1cccc(C(C)(C)C)c1.CC(=O)c1cccc(C(C)(C)C)c1.CC(C)(C)c1ccc(-c2ccccc2)cc1.CC(C)(C)c1cccc(C#N)c1.CC(C)(C)c1cccc(C(F)(F)F)c1.CC(C)(C)c1cccc(CO)c1.CC(C)(C)c1cccc(Oc2ccccc2)c1.CC(C)c1cccc(C(C)(C)C)c1.COc1cccc(C(C)(C)C)c1.Cc1cccc(C(C)(C)C)c1. The van der Waals surface area contributed by atoms with Gasteiger partial charge in [-0.1, -0.05) is 464 Å². The lowest BCUT2D eigenvalue weighted by molar-refractivity contribution is -0.137. The molecule has 0 aromatic heterocycles. The first kappa shape index (κ1) is 115. The molecule has 12 aromatic rings. The molecule has 12 aromatic carbocycles. The molecule has 12 rings (SSSR count). The van der Waals surface area contributed by atoms with Crippen molar-refractivity contribution in [2.75, 3.05) is 7.11 Å². The highest BCUT2D eigenvalue weighted by atomic mass is 19.4. The summed E-state index contributed by atoms with van der Waals surface area (Å²) in [6.07, 6.45) is 1.06. The molecule has 0 aliphatic rings. The Bertz CT molecular complexity index is 5350. The minimum absolute atomic E-state index is 0.117. The maximum atomic E-state index is 12.4. The van der Waals surface area contributed by atoms with Crippen molar-refractivity contribution in [3.8, 4) is 46.8 Å². The van der Waals surface area contributed by atoms with Gasteiger partial charge in [0, 0.05) is 11.1 Å². The first-order valence-electron chi connectivity index (χ1n) is 46.2. The minimum Gasteiger partial charge on any atom is -0.497 e. The van der Waals surface area contributed by atoms with Crippen molar-refractivity contribution in [1.82, 2.24) is 0 Å². The molecule has 132 heavy (non-hydrogen) atoms. The number of alkyl halides is 3. The fourth-order valence-corrected chi connectivity index (χ4v) is 12.6. The van der Waals surface area contributed by atoms with Crippen LogP contribution in [-0.2, 0) is 66.9 Å². The summed E-state index contributed by atoms with van der Waals surface area (Å²) in [5.41, 5.74) is 22.2. The molecule has 0 bridgehead atoms. The average Bonchev–Trinajstić information content (AvgIpc) is 0.825. The topological polar surface area (TPSA) is 79.6 Å². The Morgan fingerprint density at radius 1 is 0.333 bits per heavy atom. The number of nitriles is 1. The number of terminal acetylenes is 1. The Kier molecular flexibility index (Phi) is 44.5. The summed E-state index contributed by atoms with van der Waals surface area (Å²) in [6, 6.07) is 103. The van der Waals surface area contributed by atoms with Crippen molar-refractivity contribution < 1.29 is 32.5 Å². The van der Waals surface area contributed by atoms with Gasteiger partial charge in [-0.15, -0.1) is 6.42 Å². The van der Waals surface area contributed by atoms with Crippen LogP contribution < -0.4 is 9.47 Å². The van der Waals surface area contributed by atoms with Crippen LogP contribution in [0.1, 0.15) is 334 Å². The molecule has 8 heteroatoms. The Morgan fingerprint density at radius 2 is 0.652 bits per heavy atom. The maximum absolute atomic E-state index is 12.4. The number of rotatable bonds is 7. The predicted octanol–water partition coefficient (Wildman–Crippen LogP) is 35.3. The number of aliphatic hydroxyl groups excluding tert-OH is 1. The van der Waals surface area contributed by atoms with Crippen LogP contribution in [0.25, 0.3) is 11.1 Å². The summed E-state index contributed by atoms with van der Waals surface area (Å²) < 4.78 is 48.0. The van der Waals surface area contributed by atoms with Gasteiger partial charge in [0.1, 0.15) is 17.2 Å². The number of para-hydroxylation sites is 1. The van der Waals surface area contributed by atoms with Gasteiger partial charge in [0.2, 0.25) is 0 Å². The number of nitrogens with zero attached hydrogens (tertiary/aromatic N) is 1. The lowest BCUT2D eigenvalue weighted by atomic mass is 9.85. The molecular formula is C124H160F3NO4. The summed E-state index contributed by atoms with van der Waals surface area (Å²) in [7, 11) is 1.70. The van der Waals surface area contributed by atoms with E-state index in [1.807, 2.05) is 142 Å². The molecule has 0 radical (unpaired) electrons. The third kappa shape index (κ3) is 43.4. The van der Waals surface area contributed by atoms with Crippen molar-refractivity contribution in [1.29, 1.82) is 5.26 Å². The summed E-state index contributed by atoms with van der Waals surface area (Å²) >= 11 is 0. The van der Waals surface area contributed by atoms with Gasteiger partial charge in [0.05, 0.1) is 30.9 Å². The van der Waals surface area contributed by atoms with Crippen LogP contribution in [0.2, 0.25) is 0 Å². The van der Waals surface area contributed by atoms with Gasteiger partial charge in [-0.3, -0.25) is 4.79 Å². The lowest BCUT2D eigenvalue weighted by Gasteiger charge is -2.20. The zero-order chi connectivity index (χ0) is 100. The molecule has 0 heterocycles. The number of benzene rings is 12. The highest BCUT2D eigenvalue weighted by Gasteiger charge is 2.32. The number of carbonyl (C=O) groups is 1. The van der Waals surface area contributed by atoms with Crippen LogP contribution in [0, 0.1) is 30.6 Å². The Labute approximate surface area is 798 Å². The normalized spacial score (nSPS) is 11.6. The maximum Gasteiger partial charge on any atom is 0.416 e. The zero-order valence-corrected chi connectivity index (χ0v) is 87.0. The molecule has 0 spiro atoms. The Balaban J connectivity index is 0.000000379. The van der Waals surface area contributed by atoms with Gasteiger partial charge in [0.25, 0.3) is 0 Å². The monoisotopic (exact) mass is 1780 g/mol. The summed E-state index contributed by atoms with van der Waals surface area (Å²) in [5, 5.41) is 17.6. The molecule has 706 valence electrons. The first-order chi connectivity index (χ1) is 60.8. The van der Waals surface area contributed by atoms with Crippen molar-refractivity contribution in [3.05, 3.63) is 398 Å². The van der Waals surface area contributed by atoms with Crippen LogP contribution in [0.4, 0.5) is 13.2 Å². The lowest BCUT2D eigenvalue weighted by Crippen LogP contribution is -2.13. The molecule has 0 aliphatic carbocycles. The largest absolute Gasteiger partial charge is 0.497 e. The van der Waals surface area contributed by atoms with Gasteiger partial charge in [-0.25, -0.2) is 0 Å². The van der Waals surface area contributed by atoms with Crippen LogP contribution in [-0.4, -0.2) is 18.0 Å². The van der Waals surface area contributed by atoms with Gasteiger partial charge in [-0.2, -0.15) is 18.4 Å². The van der Waals surface area contributed by atoms with E-state index in [9.17, 15) is 18.0 Å². The average molecular weight is 1790 g/mol. The quantitative estimate of drug-likeness (QED) is 0.127. The third-order valence-corrected chi connectivity index (χ3v) is 21.7. The number of methoxy groups -OCH3 is 1. The van der Waals surface area contributed by atoms with Crippen LogP contribution in [0.3, 0.4) is 0 Å². The molecule has 0 unspecified atom stereocenters. The van der Waals surface area contributed by atoms with E-state index >= 15 is 0 Å². The second-order valence-electron chi connectivity index (χ2n) is 44.3. The van der Waals surface area contributed by atoms with Gasteiger partial charge in [-0.05, 0) is 225 Å². The number of Topliss-reactive ketones (excluding diaryl/α,β-unsaturated/α-hetero) is 1. The molecule has 0 atom stereocenters. The van der Waals surface area contributed by atoms with Crippen LogP contribution >= 0.6 is 0 Å². The second kappa shape index (κ2) is 51.1.